The molecule has 32 heavy (non-hydrogen) atoms. The lowest BCUT2D eigenvalue weighted by molar-refractivity contribution is -0.126. The zero-order valence-electron chi connectivity index (χ0n) is 18.0. The first-order valence-electron chi connectivity index (χ1n) is 10.8. The number of sulfonamides is 1. The van der Waals surface area contributed by atoms with E-state index < -0.39 is 15.8 Å². The number of oxazole rings is 1. The van der Waals surface area contributed by atoms with E-state index in [-0.39, 0.29) is 28.8 Å². The van der Waals surface area contributed by atoms with Crippen molar-refractivity contribution in [3.63, 3.8) is 0 Å². The summed E-state index contributed by atoms with van der Waals surface area (Å²) < 4.78 is 34.2. The second-order valence-electron chi connectivity index (χ2n) is 8.14. The van der Waals surface area contributed by atoms with Crippen LogP contribution in [-0.2, 0) is 28.3 Å². The second-order valence-corrected chi connectivity index (χ2v) is 10.1. The van der Waals surface area contributed by atoms with Crippen molar-refractivity contribution in [2.45, 2.75) is 30.6 Å². The molecule has 0 radical (unpaired) electrons. The number of aryl methyl sites for hydroxylation is 2. The van der Waals surface area contributed by atoms with Crippen LogP contribution in [-0.4, -0.2) is 42.8 Å². The number of amides is 1. The molecule has 1 aliphatic rings. The highest BCUT2D eigenvalue weighted by atomic mass is 32.2. The van der Waals surface area contributed by atoms with E-state index in [9.17, 15) is 18.0 Å². The van der Waals surface area contributed by atoms with Crippen LogP contribution < -0.4 is 11.1 Å². The lowest BCUT2D eigenvalue weighted by atomic mass is 9.99. The maximum atomic E-state index is 13.2. The van der Waals surface area contributed by atoms with Crippen molar-refractivity contribution < 1.29 is 17.6 Å². The molecule has 0 saturated carbocycles. The molecule has 0 bridgehead atoms. The molecule has 3 aromatic rings. The topological polar surface area (TPSA) is 102 Å². The lowest BCUT2D eigenvalue weighted by Crippen LogP contribution is -2.45. The van der Waals surface area contributed by atoms with E-state index in [0.717, 1.165) is 12.8 Å². The highest BCUT2D eigenvalue weighted by Gasteiger charge is 2.33. The Morgan fingerprint density at radius 1 is 1.19 bits per heavy atom. The number of carbonyl (C=O) groups is 1. The fraction of sp³-hybridized carbons (Fsp3) is 0.391. The first-order chi connectivity index (χ1) is 15.4. The summed E-state index contributed by atoms with van der Waals surface area (Å²) in [7, 11) is -2.24. The minimum Gasteiger partial charge on any atom is -0.408 e. The van der Waals surface area contributed by atoms with Crippen LogP contribution in [0.4, 0.5) is 0 Å². The number of rotatable bonds is 7. The molecule has 2 heterocycles. The van der Waals surface area contributed by atoms with Crippen molar-refractivity contribution in [1.82, 2.24) is 14.2 Å². The number of piperidine rings is 1. The van der Waals surface area contributed by atoms with Gasteiger partial charge in [0.2, 0.25) is 15.9 Å². The fourth-order valence-corrected chi connectivity index (χ4v) is 5.63. The maximum absolute atomic E-state index is 13.2. The molecule has 1 aliphatic heterocycles. The van der Waals surface area contributed by atoms with Gasteiger partial charge in [-0.2, -0.15) is 4.31 Å². The number of benzene rings is 2. The molecule has 1 aromatic heterocycles. The minimum atomic E-state index is -3.80. The van der Waals surface area contributed by atoms with E-state index in [1.54, 1.807) is 13.1 Å². The van der Waals surface area contributed by atoms with Gasteiger partial charge in [-0.15, -0.1) is 0 Å². The van der Waals surface area contributed by atoms with E-state index in [4.69, 9.17) is 4.42 Å². The summed E-state index contributed by atoms with van der Waals surface area (Å²) in [5, 5.41) is 2.95. The third kappa shape index (κ3) is 4.63. The third-order valence-electron chi connectivity index (χ3n) is 5.94. The predicted octanol–water partition coefficient (Wildman–Crippen LogP) is 2.28. The Bertz CT molecular complexity index is 1260. The Morgan fingerprint density at radius 3 is 2.75 bits per heavy atom. The molecule has 1 N–H and O–H groups in total. The van der Waals surface area contributed by atoms with Crippen LogP contribution in [0.5, 0.6) is 0 Å². The molecule has 4 rings (SSSR count). The molecule has 0 spiro atoms. The smallest absolute Gasteiger partial charge is 0.408 e. The second kappa shape index (κ2) is 9.30. The van der Waals surface area contributed by atoms with Crippen LogP contribution in [0.1, 0.15) is 24.8 Å². The molecule has 0 aliphatic carbocycles. The van der Waals surface area contributed by atoms with Gasteiger partial charge in [0, 0.05) is 32.7 Å². The molecule has 1 amide bonds. The summed E-state index contributed by atoms with van der Waals surface area (Å²) >= 11 is 0. The normalized spacial score (nSPS) is 17.5. The van der Waals surface area contributed by atoms with Gasteiger partial charge < -0.3 is 9.73 Å². The maximum Gasteiger partial charge on any atom is 0.419 e. The molecular formula is C23H27N3O5S. The zero-order valence-corrected chi connectivity index (χ0v) is 18.8. The van der Waals surface area contributed by atoms with Gasteiger partial charge in [-0.3, -0.25) is 9.36 Å². The van der Waals surface area contributed by atoms with E-state index in [1.165, 1.54) is 26.6 Å². The van der Waals surface area contributed by atoms with E-state index in [0.29, 0.717) is 31.4 Å². The third-order valence-corrected chi connectivity index (χ3v) is 7.80. The molecule has 2 aromatic carbocycles. The van der Waals surface area contributed by atoms with Crippen molar-refractivity contribution >= 4 is 27.0 Å². The first-order valence-corrected chi connectivity index (χ1v) is 12.2. The molecule has 170 valence electrons. The summed E-state index contributed by atoms with van der Waals surface area (Å²) in [4.78, 5) is 24.4. The van der Waals surface area contributed by atoms with Crippen molar-refractivity contribution in [3.8, 4) is 0 Å². The Labute approximate surface area is 186 Å². The quantitative estimate of drug-likeness (QED) is 0.549. The van der Waals surface area contributed by atoms with Crippen LogP contribution >= 0.6 is 0 Å². The zero-order chi connectivity index (χ0) is 22.7. The van der Waals surface area contributed by atoms with Crippen molar-refractivity contribution in [3.05, 3.63) is 64.6 Å². The number of fused-ring (bicyclic) bond motifs is 1. The van der Waals surface area contributed by atoms with Crippen LogP contribution in [0.2, 0.25) is 0 Å². The predicted molar refractivity (Wildman–Crippen MR) is 121 cm³/mol. The Morgan fingerprint density at radius 2 is 1.97 bits per heavy atom. The molecule has 8 nitrogen and oxygen atoms in total. The van der Waals surface area contributed by atoms with Crippen LogP contribution in [0.15, 0.2) is 62.6 Å². The van der Waals surface area contributed by atoms with Gasteiger partial charge >= 0.3 is 5.76 Å². The number of nitrogens with one attached hydrogen (secondary N) is 1. The van der Waals surface area contributed by atoms with Gasteiger partial charge in [-0.25, -0.2) is 13.2 Å². The Kier molecular flexibility index (Phi) is 6.48. The molecule has 1 saturated heterocycles. The van der Waals surface area contributed by atoms with Crippen LogP contribution in [0.3, 0.4) is 0 Å². The number of aromatic nitrogens is 1. The van der Waals surface area contributed by atoms with Gasteiger partial charge in [0.15, 0.2) is 5.58 Å². The molecule has 1 atom stereocenters. The van der Waals surface area contributed by atoms with Gasteiger partial charge in [-0.1, -0.05) is 30.3 Å². The van der Waals surface area contributed by atoms with Gasteiger partial charge in [0.25, 0.3) is 0 Å². The standard InChI is InChI=1S/C23H27N3O5S/c1-25-20-12-11-19(15-21(20)31-23(25)28)32(29,30)26-14-6-10-18(16-26)22(27)24-13-5-9-17-7-3-2-4-8-17/h2-4,7-8,11-12,15,18H,5-6,9-10,13-14,16H2,1H3,(H,24,27). The average molecular weight is 458 g/mol. The van der Waals surface area contributed by atoms with E-state index >= 15 is 0 Å². The number of carbonyl (C=O) groups excluding carboxylic acids is 1. The molecule has 9 heteroatoms. The summed E-state index contributed by atoms with van der Waals surface area (Å²) in [5.41, 5.74) is 1.98. The highest BCUT2D eigenvalue weighted by Crippen LogP contribution is 2.26. The Hall–Kier alpha value is -2.91. The lowest BCUT2D eigenvalue weighted by Gasteiger charge is -2.31. The molecular weight excluding hydrogens is 430 g/mol. The molecule has 1 unspecified atom stereocenters. The summed E-state index contributed by atoms with van der Waals surface area (Å²) in [6.07, 6.45) is 2.98. The number of hydrogen-bond acceptors (Lipinski definition) is 5. The van der Waals surface area contributed by atoms with E-state index in [2.05, 4.69) is 17.4 Å². The first kappa shape index (κ1) is 22.3. The van der Waals surface area contributed by atoms with Crippen molar-refractivity contribution in [1.29, 1.82) is 0 Å². The number of hydrogen-bond donors (Lipinski definition) is 1. The highest BCUT2D eigenvalue weighted by molar-refractivity contribution is 7.89. The van der Waals surface area contributed by atoms with Crippen LogP contribution in [0.25, 0.3) is 11.1 Å². The van der Waals surface area contributed by atoms with Crippen LogP contribution in [0, 0.1) is 5.92 Å². The van der Waals surface area contributed by atoms with Gasteiger partial charge in [0.05, 0.1) is 16.3 Å². The number of nitrogens with zero attached hydrogens (tertiary/aromatic N) is 2. The summed E-state index contributed by atoms with van der Waals surface area (Å²) in [5.74, 6) is -1.03. The fourth-order valence-electron chi connectivity index (χ4n) is 4.09. The SMILES string of the molecule is Cn1c(=O)oc2cc(S(=O)(=O)N3CCCC(C(=O)NCCCc4ccccc4)C3)ccc21. The van der Waals surface area contributed by atoms with E-state index in [1.807, 2.05) is 18.2 Å². The average Bonchev–Trinajstić information content (AvgIpc) is 3.10. The minimum absolute atomic E-state index is 0.0586. The van der Waals surface area contributed by atoms with Gasteiger partial charge in [-0.05, 0) is 43.4 Å². The molecule has 1 fully saturated rings. The summed E-state index contributed by atoms with van der Waals surface area (Å²) in [6, 6.07) is 14.5. The van der Waals surface area contributed by atoms with Crippen molar-refractivity contribution in [2.24, 2.45) is 13.0 Å². The van der Waals surface area contributed by atoms with Gasteiger partial charge in [0.1, 0.15) is 0 Å². The monoisotopic (exact) mass is 457 g/mol. The Balaban J connectivity index is 1.38. The van der Waals surface area contributed by atoms with Crippen molar-refractivity contribution in [2.75, 3.05) is 19.6 Å². The largest absolute Gasteiger partial charge is 0.419 e. The summed E-state index contributed by atoms with van der Waals surface area (Å²) in [6.45, 7) is 1.06.